The SMILES string of the molecule is CCN(CCN(C)C)C(=O)c1ccccc1C. The molecule has 17 heavy (non-hydrogen) atoms. The molecule has 1 amide bonds. The van der Waals surface area contributed by atoms with Gasteiger partial charge in [0.25, 0.3) is 5.91 Å². The van der Waals surface area contributed by atoms with E-state index < -0.39 is 0 Å². The average Bonchev–Trinajstić information content (AvgIpc) is 2.29. The Labute approximate surface area is 104 Å². The maximum absolute atomic E-state index is 12.3. The van der Waals surface area contributed by atoms with Crippen LogP contribution in [-0.4, -0.2) is 49.4 Å². The smallest absolute Gasteiger partial charge is 0.254 e. The monoisotopic (exact) mass is 234 g/mol. The minimum Gasteiger partial charge on any atom is -0.338 e. The van der Waals surface area contributed by atoms with Crippen molar-refractivity contribution in [2.24, 2.45) is 0 Å². The van der Waals surface area contributed by atoms with Gasteiger partial charge >= 0.3 is 0 Å². The maximum Gasteiger partial charge on any atom is 0.254 e. The van der Waals surface area contributed by atoms with Gasteiger partial charge in [-0.3, -0.25) is 4.79 Å². The van der Waals surface area contributed by atoms with Gasteiger partial charge in [-0.05, 0) is 39.6 Å². The Morgan fingerprint density at radius 1 is 1.18 bits per heavy atom. The van der Waals surface area contributed by atoms with E-state index in [1.165, 1.54) is 0 Å². The van der Waals surface area contributed by atoms with E-state index in [0.717, 1.165) is 30.8 Å². The summed E-state index contributed by atoms with van der Waals surface area (Å²) in [5, 5.41) is 0. The Hall–Kier alpha value is -1.35. The number of likely N-dealkylation sites (N-methyl/N-ethyl adjacent to an activating group) is 2. The number of aryl methyl sites for hydroxylation is 1. The van der Waals surface area contributed by atoms with Crippen molar-refractivity contribution in [2.45, 2.75) is 13.8 Å². The molecule has 0 aliphatic rings. The molecule has 1 aromatic carbocycles. The van der Waals surface area contributed by atoms with Crippen molar-refractivity contribution in [3.8, 4) is 0 Å². The van der Waals surface area contributed by atoms with Crippen LogP contribution in [0.2, 0.25) is 0 Å². The molecule has 0 fully saturated rings. The van der Waals surface area contributed by atoms with Crippen molar-refractivity contribution in [2.75, 3.05) is 33.7 Å². The molecule has 1 aromatic rings. The van der Waals surface area contributed by atoms with Gasteiger partial charge in [0.2, 0.25) is 0 Å². The second-order valence-corrected chi connectivity index (χ2v) is 4.50. The fourth-order valence-corrected chi connectivity index (χ4v) is 1.71. The van der Waals surface area contributed by atoms with Crippen LogP contribution in [-0.2, 0) is 0 Å². The molecule has 0 saturated heterocycles. The Bertz CT molecular complexity index is 374. The first-order valence-corrected chi connectivity index (χ1v) is 6.06. The van der Waals surface area contributed by atoms with E-state index in [2.05, 4.69) is 4.90 Å². The molecule has 94 valence electrons. The summed E-state index contributed by atoms with van der Waals surface area (Å²) >= 11 is 0. The van der Waals surface area contributed by atoms with E-state index in [4.69, 9.17) is 0 Å². The highest BCUT2D eigenvalue weighted by molar-refractivity contribution is 5.95. The Balaban J connectivity index is 2.76. The van der Waals surface area contributed by atoms with Crippen LogP contribution in [0.15, 0.2) is 24.3 Å². The molecule has 0 unspecified atom stereocenters. The second-order valence-electron chi connectivity index (χ2n) is 4.50. The van der Waals surface area contributed by atoms with E-state index in [1.54, 1.807) is 0 Å². The Kier molecular flexibility index (Phi) is 5.16. The number of benzene rings is 1. The Morgan fingerprint density at radius 2 is 1.82 bits per heavy atom. The number of amides is 1. The number of hydrogen-bond donors (Lipinski definition) is 0. The summed E-state index contributed by atoms with van der Waals surface area (Å²) < 4.78 is 0. The van der Waals surface area contributed by atoms with Gasteiger partial charge < -0.3 is 9.80 Å². The first kappa shape index (κ1) is 13.7. The van der Waals surface area contributed by atoms with Gasteiger partial charge in [-0.2, -0.15) is 0 Å². The lowest BCUT2D eigenvalue weighted by atomic mass is 10.1. The molecule has 0 aliphatic heterocycles. The van der Waals surface area contributed by atoms with Crippen LogP contribution in [0, 0.1) is 6.92 Å². The molecule has 3 nitrogen and oxygen atoms in total. The van der Waals surface area contributed by atoms with Crippen molar-refractivity contribution in [3.05, 3.63) is 35.4 Å². The van der Waals surface area contributed by atoms with E-state index in [0.29, 0.717) is 0 Å². The van der Waals surface area contributed by atoms with Gasteiger partial charge in [0.15, 0.2) is 0 Å². The molecular weight excluding hydrogens is 212 g/mol. The molecule has 0 aromatic heterocycles. The Morgan fingerprint density at radius 3 is 2.35 bits per heavy atom. The third kappa shape index (κ3) is 3.86. The molecule has 0 aliphatic carbocycles. The molecule has 0 spiro atoms. The third-order valence-corrected chi connectivity index (χ3v) is 2.86. The predicted octanol–water partition coefficient (Wildman–Crippen LogP) is 2.02. The van der Waals surface area contributed by atoms with Gasteiger partial charge in [0, 0.05) is 25.2 Å². The number of carbonyl (C=O) groups is 1. The number of carbonyl (C=O) groups excluding carboxylic acids is 1. The van der Waals surface area contributed by atoms with Crippen molar-refractivity contribution in [1.82, 2.24) is 9.80 Å². The highest BCUT2D eigenvalue weighted by atomic mass is 16.2. The van der Waals surface area contributed by atoms with Gasteiger partial charge in [-0.1, -0.05) is 18.2 Å². The van der Waals surface area contributed by atoms with E-state index in [1.807, 2.05) is 57.1 Å². The molecule has 0 radical (unpaired) electrons. The van der Waals surface area contributed by atoms with Crippen LogP contribution in [0.1, 0.15) is 22.8 Å². The largest absolute Gasteiger partial charge is 0.338 e. The lowest BCUT2D eigenvalue weighted by Crippen LogP contribution is -2.36. The number of nitrogens with zero attached hydrogens (tertiary/aromatic N) is 2. The third-order valence-electron chi connectivity index (χ3n) is 2.86. The highest BCUT2D eigenvalue weighted by Gasteiger charge is 2.15. The average molecular weight is 234 g/mol. The summed E-state index contributed by atoms with van der Waals surface area (Å²) in [5.74, 6) is 0.132. The molecule has 0 N–H and O–H groups in total. The first-order valence-electron chi connectivity index (χ1n) is 6.06. The van der Waals surface area contributed by atoms with Gasteiger partial charge in [-0.15, -0.1) is 0 Å². The van der Waals surface area contributed by atoms with Crippen LogP contribution in [0.5, 0.6) is 0 Å². The van der Waals surface area contributed by atoms with Crippen LogP contribution in [0.25, 0.3) is 0 Å². The van der Waals surface area contributed by atoms with E-state index in [-0.39, 0.29) is 5.91 Å². The molecule has 1 rings (SSSR count). The predicted molar refractivity (Wildman–Crippen MR) is 71.3 cm³/mol. The van der Waals surface area contributed by atoms with Gasteiger partial charge in [0.05, 0.1) is 0 Å². The van der Waals surface area contributed by atoms with Crippen LogP contribution in [0.4, 0.5) is 0 Å². The van der Waals surface area contributed by atoms with E-state index in [9.17, 15) is 4.79 Å². The zero-order chi connectivity index (χ0) is 12.8. The maximum atomic E-state index is 12.3. The van der Waals surface area contributed by atoms with Crippen LogP contribution < -0.4 is 0 Å². The molecular formula is C14H22N2O. The lowest BCUT2D eigenvalue weighted by molar-refractivity contribution is 0.0753. The minimum atomic E-state index is 0.132. The van der Waals surface area contributed by atoms with Crippen LogP contribution >= 0.6 is 0 Å². The van der Waals surface area contributed by atoms with Crippen molar-refractivity contribution in [3.63, 3.8) is 0 Å². The fraction of sp³-hybridized carbons (Fsp3) is 0.500. The highest BCUT2D eigenvalue weighted by Crippen LogP contribution is 2.10. The number of hydrogen-bond acceptors (Lipinski definition) is 2. The quantitative estimate of drug-likeness (QED) is 0.778. The first-order chi connectivity index (χ1) is 8.06. The molecule has 0 bridgehead atoms. The normalized spacial score (nSPS) is 10.6. The molecule has 3 heteroatoms. The summed E-state index contributed by atoms with van der Waals surface area (Å²) in [5.41, 5.74) is 1.86. The lowest BCUT2D eigenvalue weighted by Gasteiger charge is -2.23. The molecule has 0 saturated carbocycles. The molecule has 0 heterocycles. The summed E-state index contributed by atoms with van der Waals surface area (Å²) in [6, 6.07) is 7.76. The zero-order valence-corrected chi connectivity index (χ0v) is 11.2. The summed E-state index contributed by atoms with van der Waals surface area (Å²) in [6.45, 7) is 6.42. The zero-order valence-electron chi connectivity index (χ0n) is 11.2. The van der Waals surface area contributed by atoms with Crippen LogP contribution in [0.3, 0.4) is 0 Å². The van der Waals surface area contributed by atoms with E-state index >= 15 is 0 Å². The minimum absolute atomic E-state index is 0.132. The summed E-state index contributed by atoms with van der Waals surface area (Å²) in [7, 11) is 4.04. The summed E-state index contributed by atoms with van der Waals surface area (Å²) in [6.07, 6.45) is 0. The van der Waals surface area contributed by atoms with Crippen molar-refractivity contribution < 1.29 is 4.79 Å². The topological polar surface area (TPSA) is 23.6 Å². The van der Waals surface area contributed by atoms with Gasteiger partial charge in [0.1, 0.15) is 0 Å². The summed E-state index contributed by atoms with van der Waals surface area (Å²) in [4.78, 5) is 16.3. The molecule has 0 atom stereocenters. The fourth-order valence-electron chi connectivity index (χ4n) is 1.71. The van der Waals surface area contributed by atoms with Gasteiger partial charge in [-0.25, -0.2) is 0 Å². The van der Waals surface area contributed by atoms with Crippen molar-refractivity contribution in [1.29, 1.82) is 0 Å². The second kappa shape index (κ2) is 6.40. The number of rotatable bonds is 5. The van der Waals surface area contributed by atoms with Crippen molar-refractivity contribution >= 4 is 5.91 Å². The standard InChI is InChI=1S/C14H22N2O/c1-5-16(11-10-15(3)4)14(17)13-9-7-6-8-12(13)2/h6-9H,5,10-11H2,1-4H3.